The molecule has 2 aromatic carbocycles. The third-order valence-electron chi connectivity index (χ3n) is 3.56. The molecule has 0 aliphatic rings. The molecule has 1 aromatic heterocycles. The van der Waals surface area contributed by atoms with Gasteiger partial charge in [-0.15, -0.1) is 0 Å². The molecular formula is C19H20N4O3. The molecule has 0 fully saturated rings. The van der Waals surface area contributed by atoms with Crippen LogP contribution in [0.4, 0.5) is 5.69 Å². The molecule has 0 aliphatic heterocycles. The third kappa shape index (κ3) is 5.42. The van der Waals surface area contributed by atoms with Crippen molar-refractivity contribution >= 4 is 11.6 Å². The van der Waals surface area contributed by atoms with Crippen molar-refractivity contribution in [3.8, 4) is 5.75 Å². The van der Waals surface area contributed by atoms with Crippen molar-refractivity contribution in [1.82, 2.24) is 14.8 Å². The van der Waals surface area contributed by atoms with E-state index in [0.717, 1.165) is 17.0 Å². The van der Waals surface area contributed by atoms with Crippen LogP contribution in [-0.4, -0.2) is 40.5 Å². The number of ether oxygens (including phenoxy) is 2. The number of carbonyl (C=O) groups excluding carboxylic acids is 1. The van der Waals surface area contributed by atoms with Gasteiger partial charge < -0.3 is 14.8 Å². The van der Waals surface area contributed by atoms with Gasteiger partial charge in [0.05, 0.1) is 13.2 Å². The smallest absolute Gasteiger partial charge is 0.250 e. The highest BCUT2D eigenvalue weighted by Crippen LogP contribution is 2.16. The van der Waals surface area contributed by atoms with Crippen molar-refractivity contribution < 1.29 is 14.3 Å². The Kier molecular flexibility index (Phi) is 6.33. The fourth-order valence-electron chi connectivity index (χ4n) is 2.36. The molecule has 0 radical (unpaired) electrons. The van der Waals surface area contributed by atoms with Crippen LogP contribution in [0, 0.1) is 0 Å². The highest BCUT2D eigenvalue weighted by Gasteiger charge is 2.07. The Morgan fingerprint density at radius 1 is 1.04 bits per heavy atom. The number of hydrogen-bond acceptors (Lipinski definition) is 5. The van der Waals surface area contributed by atoms with Crippen LogP contribution < -0.4 is 10.1 Å². The Labute approximate surface area is 151 Å². The monoisotopic (exact) mass is 352 g/mol. The van der Waals surface area contributed by atoms with E-state index in [2.05, 4.69) is 15.4 Å². The van der Waals surface area contributed by atoms with Gasteiger partial charge in [-0.25, -0.2) is 9.67 Å². The summed E-state index contributed by atoms with van der Waals surface area (Å²) in [6, 6.07) is 17.1. The Hall–Kier alpha value is -3.19. The van der Waals surface area contributed by atoms with E-state index in [-0.39, 0.29) is 12.5 Å². The number of anilines is 1. The number of hydrogen-bond donors (Lipinski definition) is 1. The molecule has 0 saturated carbocycles. The maximum absolute atomic E-state index is 12.1. The normalized spacial score (nSPS) is 10.5. The molecule has 0 aliphatic carbocycles. The lowest BCUT2D eigenvalue weighted by Gasteiger charge is -2.11. The number of nitrogens with one attached hydrogen (secondary N) is 1. The van der Waals surface area contributed by atoms with Gasteiger partial charge in [0.2, 0.25) is 5.91 Å². The first kappa shape index (κ1) is 17.6. The maximum atomic E-state index is 12.1. The molecule has 26 heavy (non-hydrogen) atoms. The van der Waals surface area contributed by atoms with E-state index in [1.54, 1.807) is 11.0 Å². The lowest BCUT2D eigenvalue weighted by molar-refractivity contribution is -0.120. The SMILES string of the molecule is O=C(COCCOc1ccccc1)Nc1ccccc1Cn1cncn1. The topological polar surface area (TPSA) is 78.3 Å². The van der Waals surface area contributed by atoms with Crippen LogP contribution in [-0.2, 0) is 16.1 Å². The van der Waals surface area contributed by atoms with Gasteiger partial charge >= 0.3 is 0 Å². The van der Waals surface area contributed by atoms with E-state index in [1.807, 2.05) is 54.6 Å². The predicted octanol–water partition coefficient (Wildman–Crippen LogP) is 2.36. The summed E-state index contributed by atoms with van der Waals surface area (Å²) in [5.74, 6) is 0.568. The average Bonchev–Trinajstić information content (AvgIpc) is 3.17. The van der Waals surface area contributed by atoms with Crippen molar-refractivity contribution in [2.75, 3.05) is 25.1 Å². The van der Waals surface area contributed by atoms with Crippen molar-refractivity contribution in [3.63, 3.8) is 0 Å². The molecule has 0 bridgehead atoms. The highest BCUT2D eigenvalue weighted by molar-refractivity contribution is 5.92. The van der Waals surface area contributed by atoms with E-state index >= 15 is 0 Å². The lowest BCUT2D eigenvalue weighted by Crippen LogP contribution is -2.21. The van der Waals surface area contributed by atoms with Crippen LogP contribution in [0.3, 0.4) is 0 Å². The Balaban J connectivity index is 1.42. The fourth-order valence-corrected chi connectivity index (χ4v) is 2.36. The standard InChI is InChI=1S/C19H20N4O3/c24-19(13-25-10-11-26-17-7-2-1-3-8-17)22-18-9-5-4-6-16(18)12-23-15-20-14-21-23/h1-9,14-15H,10-13H2,(H,22,24). The van der Waals surface area contributed by atoms with Gasteiger partial charge in [-0.3, -0.25) is 4.79 Å². The van der Waals surface area contributed by atoms with Gasteiger partial charge in [0, 0.05) is 5.69 Å². The molecule has 1 heterocycles. The van der Waals surface area contributed by atoms with Crippen LogP contribution in [0.5, 0.6) is 5.75 Å². The zero-order valence-corrected chi connectivity index (χ0v) is 14.2. The van der Waals surface area contributed by atoms with E-state index in [9.17, 15) is 4.79 Å². The van der Waals surface area contributed by atoms with Crippen molar-refractivity contribution in [2.45, 2.75) is 6.54 Å². The second kappa shape index (κ2) is 9.33. The van der Waals surface area contributed by atoms with Gasteiger partial charge in [0.25, 0.3) is 0 Å². The second-order valence-electron chi connectivity index (χ2n) is 5.51. The predicted molar refractivity (Wildman–Crippen MR) is 97.0 cm³/mol. The number of benzene rings is 2. The summed E-state index contributed by atoms with van der Waals surface area (Å²) < 4.78 is 12.6. The molecule has 0 spiro atoms. The van der Waals surface area contributed by atoms with Gasteiger partial charge in [0.15, 0.2) is 0 Å². The van der Waals surface area contributed by atoms with E-state index in [1.165, 1.54) is 6.33 Å². The summed E-state index contributed by atoms with van der Waals surface area (Å²) in [7, 11) is 0. The average molecular weight is 352 g/mol. The molecular weight excluding hydrogens is 332 g/mol. The molecule has 0 atom stereocenters. The molecule has 0 saturated heterocycles. The molecule has 7 nitrogen and oxygen atoms in total. The third-order valence-corrected chi connectivity index (χ3v) is 3.56. The summed E-state index contributed by atoms with van der Waals surface area (Å²) in [4.78, 5) is 16.0. The summed E-state index contributed by atoms with van der Waals surface area (Å²) >= 11 is 0. The zero-order chi connectivity index (χ0) is 18.0. The largest absolute Gasteiger partial charge is 0.491 e. The number of aromatic nitrogens is 3. The van der Waals surface area contributed by atoms with Crippen LogP contribution in [0.1, 0.15) is 5.56 Å². The minimum Gasteiger partial charge on any atom is -0.491 e. The first-order chi connectivity index (χ1) is 12.8. The number of amides is 1. The van der Waals surface area contributed by atoms with Crippen LogP contribution in [0.2, 0.25) is 0 Å². The number of carbonyl (C=O) groups is 1. The molecule has 7 heteroatoms. The van der Waals surface area contributed by atoms with Crippen molar-refractivity contribution in [3.05, 3.63) is 72.8 Å². The molecule has 1 N–H and O–H groups in total. The first-order valence-corrected chi connectivity index (χ1v) is 8.27. The summed E-state index contributed by atoms with van der Waals surface area (Å²) in [6.07, 6.45) is 3.11. The maximum Gasteiger partial charge on any atom is 0.250 e. The van der Waals surface area contributed by atoms with Gasteiger partial charge in [0.1, 0.15) is 31.6 Å². The molecule has 3 aromatic rings. The number of nitrogens with zero attached hydrogens (tertiary/aromatic N) is 3. The quantitative estimate of drug-likeness (QED) is 0.598. The van der Waals surface area contributed by atoms with Crippen molar-refractivity contribution in [1.29, 1.82) is 0 Å². The lowest BCUT2D eigenvalue weighted by atomic mass is 10.2. The van der Waals surface area contributed by atoms with Crippen molar-refractivity contribution in [2.24, 2.45) is 0 Å². The van der Waals surface area contributed by atoms with Crippen LogP contribution in [0.15, 0.2) is 67.3 Å². The van der Waals surface area contributed by atoms with E-state index < -0.39 is 0 Å². The molecule has 3 rings (SSSR count). The minimum atomic E-state index is -0.212. The van der Waals surface area contributed by atoms with Gasteiger partial charge in [-0.05, 0) is 23.8 Å². The van der Waals surface area contributed by atoms with Crippen LogP contribution in [0.25, 0.3) is 0 Å². The molecule has 1 amide bonds. The Morgan fingerprint density at radius 2 is 1.85 bits per heavy atom. The summed E-state index contributed by atoms with van der Waals surface area (Å²) in [5, 5.41) is 6.95. The second-order valence-corrected chi connectivity index (χ2v) is 5.51. The summed E-state index contributed by atoms with van der Waals surface area (Å²) in [6.45, 7) is 1.22. The van der Waals surface area contributed by atoms with E-state index in [0.29, 0.717) is 19.8 Å². The minimum absolute atomic E-state index is 0.0319. The zero-order valence-electron chi connectivity index (χ0n) is 14.2. The Morgan fingerprint density at radius 3 is 2.65 bits per heavy atom. The van der Waals surface area contributed by atoms with Gasteiger partial charge in [-0.1, -0.05) is 36.4 Å². The Bertz CT molecular complexity index is 807. The fraction of sp³-hybridized carbons (Fsp3) is 0.211. The number of para-hydroxylation sites is 2. The molecule has 0 unspecified atom stereocenters. The van der Waals surface area contributed by atoms with E-state index in [4.69, 9.17) is 9.47 Å². The number of rotatable bonds is 9. The van der Waals surface area contributed by atoms with Gasteiger partial charge in [-0.2, -0.15) is 5.10 Å². The van der Waals surface area contributed by atoms with Crippen LogP contribution >= 0.6 is 0 Å². The highest BCUT2D eigenvalue weighted by atomic mass is 16.5. The first-order valence-electron chi connectivity index (χ1n) is 8.27. The molecule has 134 valence electrons. The summed E-state index contributed by atoms with van der Waals surface area (Å²) in [5.41, 5.74) is 1.68.